The number of hydrogen-bond donors (Lipinski definition) is 2. The van der Waals surface area contributed by atoms with Crippen LogP contribution in [0.4, 0.5) is 17.1 Å². The molecule has 0 unspecified atom stereocenters. The number of anilines is 1. The van der Waals surface area contributed by atoms with E-state index >= 15 is 0 Å². The predicted octanol–water partition coefficient (Wildman–Crippen LogP) is 2.38. The van der Waals surface area contributed by atoms with Crippen molar-refractivity contribution in [2.24, 2.45) is 21.5 Å². The lowest BCUT2D eigenvalue weighted by atomic mass is 9.87. The van der Waals surface area contributed by atoms with E-state index in [9.17, 15) is 20.2 Å². The molecule has 1 aromatic rings. The molecule has 1 aliphatic heterocycles. The fourth-order valence-electron chi connectivity index (χ4n) is 3.48. The second-order valence-electron chi connectivity index (χ2n) is 6.13. The van der Waals surface area contributed by atoms with Gasteiger partial charge in [-0.15, -0.1) is 0 Å². The SMILES string of the molecule is NC1=NC2(CCCCC2)N(c2c(Br)cc([N+](=O)[O-])cc2[N+](=O)[O-])C(N)=N1. The van der Waals surface area contributed by atoms with Gasteiger partial charge in [-0.1, -0.05) is 6.42 Å². The molecule has 0 radical (unpaired) electrons. The van der Waals surface area contributed by atoms with Crippen molar-refractivity contribution in [3.8, 4) is 0 Å². The quantitative estimate of drug-likeness (QED) is 0.553. The average molecular weight is 426 g/mol. The zero-order valence-electron chi connectivity index (χ0n) is 13.6. The summed E-state index contributed by atoms with van der Waals surface area (Å²) < 4.78 is 0.164. The highest BCUT2D eigenvalue weighted by Crippen LogP contribution is 2.46. The summed E-state index contributed by atoms with van der Waals surface area (Å²) in [6.07, 6.45) is 3.87. The van der Waals surface area contributed by atoms with Crippen molar-refractivity contribution in [2.45, 2.75) is 37.8 Å². The summed E-state index contributed by atoms with van der Waals surface area (Å²) in [5.74, 6) is -0.0154. The number of benzene rings is 1. The van der Waals surface area contributed by atoms with E-state index in [1.807, 2.05) is 0 Å². The number of nitro groups is 2. The molecule has 0 atom stereocenters. The van der Waals surface area contributed by atoms with E-state index in [1.165, 1.54) is 11.0 Å². The Morgan fingerprint density at radius 3 is 2.35 bits per heavy atom. The highest BCUT2D eigenvalue weighted by atomic mass is 79.9. The van der Waals surface area contributed by atoms with Crippen molar-refractivity contribution in [1.29, 1.82) is 0 Å². The monoisotopic (exact) mass is 425 g/mol. The van der Waals surface area contributed by atoms with Gasteiger partial charge in [-0.05, 0) is 41.6 Å². The summed E-state index contributed by atoms with van der Waals surface area (Å²) in [7, 11) is 0. The van der Waals surface area contributed by atoms with E-state index in [-0.39, 0.29) is 22.1 Å². The smallest absolute Gasteiger partial charge is 0.301 e. The van der Waals surface area contributed by atoms with E-state index in [2.05, 4.69) is 25.9 Å². The Morgan fingerprint density at radius 2 is 1.77 bits per heavy atom. The van der Waals surface area contributed by atoms with Crippen molar-refractivity contribution in [2.75, 3.05) is 4.90 Å². The van der Waals surface area contributed by atoms with Crippen LogP contribution in [-0.2, 0) is 0 Å². The van der Waals surface area contributed by atoms with Crippen LogP contribution < -0.4 is 16.4 Å². The van der Waals surface area contributed by atoms with Crippen molar-refractivity contribution in [1.82, 2.24) is 0 Å². The lowest BCUT2D eigenvalue weighted by Crippen LogP contribution is -2.58. The number of guanidine groups is 2. The van der Waals surface area contributed by atoms with Gasteiger partial charge in [0.05, 0.1) is 20.4 Å². The Balaban J connectivity index is 2.24. The van der Waals surface area contributed by atoms with Crippen LogP contribution in [0.3, 0.4) is 0 Å². The summed E-state index contributed by atoms with van der Waals surface area (Å²) in [6.45, 7) is 0. The minimum absolute atomic E-state index is 0.0151. The number of aliphatic imine (C=N–C) groups is 2. The molecule has 0 bridgehead atoms. The van der Waals surface area contributed by atoms with E-state index in [4.69, 9.17) is 11.5 Å². The predicted molar refractivity (Wildman–Crippen MR) is 99.0 cm³/mol. The number of halogens is 1. The second-order valence-corrected chi connectivity index (χ2v) is 6.98. The maximum Gasteiger partial charge on any atom is 0.301 e. The van der Waals surface area contributed by atoms with E-state index < -0.39 is 26.9 Å². The average Bonchev–Trinajstić information content (AvgIpc) is 2.55. The minimum atomic E-state index is -0.891. The summed E-state index contributed by atoms with van der Waals surface area (Å²) in [5.41, 5.74) is 10.2. The van der Waals surface area contributed by atoms with E-state index in [0.717, 1.165) is 25.3 Å². The first-order valence-electron chi connectivity index (χ1n) is 7.87. The van der Waals surface area contributed by atoms with Crippen molar-refractivity contribution < 1.29 is 9.85 Å². The van der Waals surface area contributed by atoms with Gasteiger partial charge >= 0.3 is 5.69 Å². The maximum absolute atomic E-state index is 11.6. The van der Waals surface area contributed by atoms with Crippen LogP contribution in [0.25, 0.3) is 0 Å². The third-order valence-electron chi connectivity index (χ3n) is 4.51. The van der Waals surface area contributed by atoms with Gasteiger partial charge in [-0.2, -0.15) is 4.99 Å². The van der Waals surface area contributed by atoms with Gasteiger partial charge in [0, 0.05) is 6.07 Å². The largest absolute Gasteiger partial charge is 0.369 e. The Morgan fingerprint density at radius 1 is 1.12 bits per heavy atom. The number of hydrogen-bond acceptors (Lipinski definition) is 9. The van der Waals surface area contributed by atoms with Gasteiger partial charge in [0.25, 0.3) is 5.69 Å². The van der Waals surface area contributed by atoms with E-state index in [1.54, 1.807) is 0 Å². The topological polar surface area (TPSA) is 166 Å². The normalized spacial score (nSPS) is 19.0. The summed E-state index contributed by atoms with van der Waals surface area (Å²) in [5, 5.41) is 22.7. The first kappa shape index (κ1) is 18.0. The maximum atomic E-state index is 11.6. The summed E-state index contributed by atoms with van der Waals surface area (Å²) >= 11 is 3.22. The molecule has 0 aromatic heterocycles. The van der Waals surface area contributed by atoms with Crippen LogP contribution >= 0.6 is 15.9 Å². The molecule has 0 saturated heterocycles. The van der Waals surface area contributed by atoms with Crippen LogP contribution in [0.1, 0.15) is 32.1 Å². The standard InChI is InChI=1S/C14H16BrN7O4/c15-9-6-8(21(23)24)7-10(22(25)26)11(9)20-13(17)18-12(16)19-14(20)4-2-1-3-5-14/h6-7H,1-5H2,(H4,16,17,18,19). The first-order chi connectivity index (χ1) is 12.2. The molecular formula is C14H16BrN7O4. The van der Waals surface area contributed by atoms with E-state index in [0.29, 0.717) is 12.8 Å². The lowest BCUT2D eigenvalue weighted by molar-refractivity contribution is -0.393. The number of non-ortho nitro benzene ring substituents is 1. The minimum Gasteiger partial charge on any atom is -0.369 e. The fraction of sp³-hybridized carbons (Fsp3) is 0.429. The fourth-order valence-corrected chi connectivity index (χ4v) is 4.10. The molecule has 138 valence electrons. The Labute approximate surface area is 156 Å². The zero-order chi connectivity index (χ0) is 19.1. The van der Waals surface area contributed by atoms with Gasteiger partial charge in [0.1, 0.15) is 11.4 Å². The molecule has 26 heavy (non-hydrogen) atoms. The van der Waals surface area contributed by atoms with Gasteiger partial charge in [-0.3, -0.25) is 25.1 Å². The van der Waals surface area contributed by atoms with Crippen molar-refractivity contribution in [3.63, 3.8) is 0 Å². The van der Waals surface area contributed by atoms with Crippen LogP contribution in [0.15, 0.2) is 26.6 Å². The zero-order valence-corrected chi connectivity index (χ0v) is 15.2. The number of rotatable bonds is 3. The van der Waals surface area contributed by atoms with Crippen LogP contribution in [-0.4, -0.2) is 27.4 Å². The molecule has 3 rings (SSSR count). The molecule has 1 aliphatic carbocycles. The number of nitrogens with two attached hydrogens (primary N) is 2. The van der Waals surface area contributed by atoms with Gasteiger partial charge in [-0.25, -0.2) is 4.99 Å². The summed E-state index contributed by atoms with van der Waals surface area (Å²) in [6, 6.07) is 2.11. The number of nitro benzene ring substituents is 2. The van der Waals surface area contributed by atoms with Crippen molar-refractivity contribution in [3.05, 3.63) is 36.8 Å². The third-order valence-corrected chi connectivity index (χ3v) is 5.12. The highest BCUT2D eigenvalue weighted by molar-refractivity contribution is 9.10. The highest BCUT2D eigenvalue weighted by Gasteiger charge is 2.46. The second kappa shape index (κ2) is 6.52. The third kappa shape index (κ3) is 2.96. The van der Waals surface area contributed by atoms with Crippen LogP contribution in [0.2, 0.25) is 0 Å². The van der Waals surface area contributed by atoms with Crippen LogP contribution in [0.5, 0.6) is 0 Å². The Kier molecular flexibility index (Phi) is 4.52. The Hall–Kier alpha value is -2.76. The molecule has 1 fully saturated rings. The molecule has 1 aromatic carbocycles. The summed E-state index contributed by atoms with van der Waals surface area (Å²) in [4.78, 5) is 31.2. The molecule has 0 amide bonds. The molecule has 1 spiro atoms. The van der Waals surface area contributed by atoms with Gasteiger partial charge in [0.15, 0.2) is 0 Å². The van der Waals surface area contributed by atoms with Gasteiger partial charge in [0.2, 0.25) is 11.9 Å². The molecule has 1 saturated carbocycles. The van der Waals surface area contributed by atoms with Crippen LogP contribution in [0, 0.1) is 20.2 Å². The Bertz CT molecular complexity index is 848. The molecule has 2 aliphatic rings. The molecular weight excluding hydrogens is 410 g/mol. The number of nitrogens with zero attached hydrogens (tertiary/aromatic N) is 5. The molecule has 1 heterocycles. The molecule has 12 heteroatoms. The lowest BCUT2D eigenvalue weighted by Gasteiger charge is -2.45. The first-order valence-corrected chi connectivity index (χ1v) is 8.66. The molecule has 4 N–H and O–H groups in total. The molecule has 11 nitrogen and oxygen atoms in total. The van der Waals surface area contributed by atoms with Gasteiger partial charge < -0.3 is 11.5 Å². The van der Waals surface area contributed by atoms with Crippen molar-refractivity contribution >= 4 is 44.9 Å².